The van der Waals surface area contributed by atoms with E-state index in [0.29, 0.717) is 12.2 Å². The van der Waals surface area contributed by atoms with Crippen molar-refractivity contribution >= 4 is 16.8 Å². The highest BCUT2D eigenvalue weighted by Crippen LogP contribution is 2.10. The van der Waals surface area contributed by atoms with Crippen LogP contribution in [0.3, 0.4) is 0 Å². The highest BCUT2D eigenvalue weighted by atomic mass is 16.1. The Balaban J connectivity index is 2.15. The molecule has 0 radical (unpaired) electrons. The lowest BCUT2D eigenvalue weighted by molar-refractivity contribution is 0.0947. The van der Waals surface area contributed by atoms with E-state index in [1.165, 1.54) is 0 Å². The monoisotopic (exact) mass is 229 g/mol. The van der Waals surface area contributed by atoms with Gasteiger partial charge >= 0.3 is 0 Å². The summed E-state index contributed by atoms with van der Waals surface area (Å²) in [5.74, 6) is -0.156. The summed E-state index contributed by atoms with van der Waals surface area (Å²) in [4.78, 5) is 11.7. The molecule has 1 aromatic heterocycles. The number of aromatic nitrogens is 2. The summed E-state index contributed by atoms with van der Waals surface area (Å²) in [6.45, 7) is 2.77. The minimum Gasteiger partial charge on any atom is -0.351 e. The standard InChI is InChI=1S/C13H15N3O/c1-2-3-8-14-13(17)12-9-10-6-4-5-7-11(10)15-16-12/h4-7,9H,2-3,8H2,1H3,(H,14,17). The number of amides is 1. The number of fused-ring (bicyclic) bond motifs is 1. The zero-order valence-corrected chi connectivity index (χ0v) is 9.81. The fourth-order valence-electron chi connectivity index (χ4n) is 1.56. The summed E-state index contributed by atoms with van der Waals surface area (Å²) in [5, 5.41) is 11.7. The van der Waals surface area contributed by atoms with Crippen LogP contribution >= 0.6 is 0 Å². The van der Waals surface area contributed by atoms with Crippen LogP contribution in [0.4, 0.5) is 0 Å². The van der Waals surface area contributed by atoms with Gasteiger partial charge in [-0.1, -0.05) is 31.5 Å². The molecule has 1 heterocycles. The molecule has 0 fully saturated rings. The van der Waals surface area contributed by atoms with Gasteiger partial charge in [-0.25, -0.2) is 0 Å². The van der Waals surface area contributed by atoms with Crippen molar-refractivity contribution < 1.29 is 4.79 Å². The van der Waals surface area contributed by atoms with E-state index in [-0.39, 0.29) is 5.91 Å². The summed E-state index contributed by atoms with van der Waals surface area (Å²) >= 11 is 0. The molecule has 17 heavy (non-hydrogen) atoms. The van der Waals surface area contributed by atoms with Crippen molar-refractivity contribution in [3.05, 3.63) is 36.0 Å². The topological polar surface area (TPSA) is 54.9 Å². The van der Waals surface area contributed by atoms with Crippen molar-refractivity contribution in [2.75, 3.05) is 6.54 Å². The molecule has 4 heteroatoms. The van der Waals surface area contributed by atoms with Crippen molar-refractivity contribution in [3.8, 4) is 0 Å². The Bertz CT molecular complexity index is 525. The smallest absolute Gasteiger partial charge is 0.271 e. The molecule has 0 unspecified atom stereocenters. The quantitative estimate of drug-likeness (QED) is 0.817. The Labute approximate surface area is 100 Å². The van der Waals surface area contributed by atoms with Gasteiger partial charge in [0.25, 0.3) is 5.91 Å². The van der Waals surface area contributed by atoms with E-state index in [9.17, 15) is 4.79 Å². The van der Waals surface area contributed by atoms with Crippen molar-refractivity contribution in [1.29, 1.82) is 0 Å². The second-order valence-electron chi connectivity index (χ2n) is 3.90. The summed E-state index contributed by atoms with van der Waals surface area (Å²) in [5.41, 5.74) is 1.18. The van der Waals surface area contributed by atoms with E-state index >= 15 is 0 Å². The minimum atomic E-state index is -0.156. The number of carbonyl (C=O) groups excluding carboxylic acids is 1. The molecule has 1 N–H and O–H groups in total. The van der Waals surface area contributed by atoms with E-state index in [1.54, 1.807) is 6.07 Å². The Morgan fingerprint density at radius 3 is 2.94 bits per heavy atom. The van der Waals surface area contributed by atoms with Gasteiger partial charge in [-0.05, 0) is 18.6 Å². The van der Waals surface area contributed by atoms with Crippen LogP contribution in [-0.4, -0.2) is 22.6 Å². The SMILES string of the molecule is CCCCNC(=O)c1cc2ccccc2nn1. The Morgan fingerprint density at radius 2 is 2.12 bits per heavy atom. The maximum atomic E-state index is 11.7. The molecule has 0 saturated heterocycles. The molecule has 2 aromatic rings. The lowest BCUT2D eigenvalue weighted by atomic mass is 10.2. The number of carbonyl (C=O) groups is 1. The largest absolute Gasteiger partial charge is 0.351 e. The number of hydrogen-bond acceptors (Lipinski definition) is 3. The fourth-order valence-corrected chi connectivity index (χ4v) is 1.56. The van der Waals surface area contributed by atoms with Crippen LogP contribution in [0.1, 0.15) is 30.3 Å². The lowest BCUT2D eigenvalue weighted by Crippen LogP contribution is -2.25. The first kappa shape index (κ1) is 11.5. The second kappa shape index (κ2) is 5.39. The zero-order chi connectivity index (χ0) is 12.1. The predicted molar refractivity (Wildman–Crippen MR) is 66.8 cm³/mol. The number of unbranched alkanes of at least 4 members (excludes halogenated alkanes) is 1. The Kier molecular flexibility index (Phi) is 3.65. The van der Waals surface area contributed by atoms with Gasteiger partial charge in [0, 0.05) is 11.9 Å². The molecule has 0 aliphatic heterocycles. The van der Waals surface area contributed by atoms with E-state index in [4.69, 9.17) is 0 Å². The predicted octanol–water partition coefficient (Wildman–Crippen LogP) is 2.16. The van der Waals surface area contributed by atoms with Gasteiger partial charge < -0.3 is 5.32 Å². The summed E-state index contributed by atoms with van der Waals surface area (Å²) < 4.78 is 0. The van der Waals surface area contributed by atoms with Crippen LogP contribution < -0.4 is 5.32 Å². The first-order valence-corrected chi connectivity index (χ1v) is 5.82. The van der Waals surface area contributed by atoms with Gasteiger partial charge in [0.15, 0.2) is 5.69 Å². The molecular formula is C13H15N3O. The van der Waals surface area contributed by atoms with Crippen molar-refractivity contribution in [1.82, 2.24) is 15.5 Å². The van der Waals surface area contributed by atoms with E-state index < -0.39 is 0 Å². The summed E-state index contributed by atoms with van der Waals surface area (Å²) in [7, 11) is 0. The molecule has 4 nitrogen and oxygen atoms in total. The summed E-state index contributed by atoms with van der Waals surface area (Å²) in [6.07, 6.45) is 2.04. The average Bonchev–Trinajstić information content (AvgIpc) is 2.38. The van der Waals surface area contributed by atoms with Crippen molar-refractivity contribution in [3.63, 3.8) is 0 Å². The lowest BCUT2D eigenvalue weighted by Gasteiger charge is -2.03. The van der Waals surface area contributed by atoms with Crippen LogP contribution in [0.5, 0.6) is 0 Å². The van der Waals surface area contributed by atoms with E-state index in [2.05, 4.69) is 22.4 Å². The normalized spacial score (nSPS) is 10.4. The molecule has 0 spiro atoms. The van der Waals surface area contributed by atoms with E-state index in [0.717, 1.165) is 23.7 Å². The molecule has 0 aliphatic rings. The molecule has 0 aliphatic carbocycles. The van der Waals surface area contributed by atoms with Crippen LogP contribution in [0.2, 0.25) is 0 Å². The number of hydrogen-bond donors (Lipinski definition) is 1. The average molecular weight is 229 g/mol. The first-order chi connectivity index (χ1) is 8.31. The van der Waals surface area contributed by atoms with Gasteiger partial charge in [0.2, 0.25) is 0 Å². The van der Waals surface area contributed by atoms with Gasteiger partial charge in [-0.2, -0.15) is 0 Å². The number of nitrogens with zero attached hydrogens (tertiary/aromatic N) is 2. The number of rotatable bonds is 4. The molecule has 1 aromatic carbocycles. The van der Waals surface area contributed by atoms with Crippen molar-refractivity contribution in [2.45, 2.75) is 19.8 Å². The van der Waals surface area contributed by atoms with Gasteiger partial charge in [-0.15, -0.1) is 10.2 Å². The van der Waals surface area contributed by atoms with Crippen LogP contribution in [-0.2, 0) is 0 Å². The second-order valence-corrected chi connectivity index (χ2v) is 3.90. The minimum absolute atomic E-state index is 0.156. The fraction of sp³-hybridized carbons (Fsp3) is 0.308. The third-order valence-electron chi connectivity index (χ3n) is 2.54. The molecule has 0 atom stereocenters. The molecule has 0 bridgehead atoms. The molecule has 88 valence electrons. The Morgan fingerprint density at radius 1 is 1.29 bits per heavy atom. The number of benzene rings is 1. The molecule has 1 amide bonds. The number of nitrogens with one attached hydrogen (secondary N) is 1. The highest BCUT2D eigenvalue weighted by molar-refractivity contribution is 5.95. The first-order valence-electron chi connectivity index (χ1n) is 5.82. The molecule has 0 saturated carbocycles. The van der Waals surface area contributed by atoms with Crippen LogP contribution in [0.25, 0.3) is 10.9 Å². The van der Waals surface area contributed by atoms with Crippen LogP contribution in [0, 0.1) is 0 Å². The maximum Gasteiger partial charge on any atom is 0.271 e. The maximum absolute atomic E-state index is 11.7. The third kappa shape index (κ3) is 2.78. The van der Waals surface area contributed by atoms with E-state index in [1.807, 2.05) is 24.3 Å². The van der Waals surface area contributed by atoms with Gasteiger partial charge in [0.05, 0.1) is 5.52 Å². The highest BCUT2D eigenvalue weighted by Gasteiger charge is 2.07. The zero-order valence-electron chi connectivity index (χ0n) is 9.81. The molecular weight excluding hydrogens is 214 g/mol. The van der Waals surface area contributed by atoms with Gasteiger partial charge in [-0.3, -0.25) is 4.79 Å². The van der Waals surface area contributed by atoms with Crippen molar-refractivity contribution in [2.24, 2.45) is 0 Å². The third-order valence-corrected chi connectivity index (χ3v) is 2.54. The van der Waals surface area contributed by atoms with Gasteiger partial charge in [0.1, 0.15) is 0 Å². The van der Waals surface area contributed by atoms with Crippen LogP contribution in [0.15, 0.2) is 30.3 Å². The Hall–Kier alpha value is -1.97. The summed E-state index contributed by atoms with van der Waals surface area (Å²) in [6, 6.07) is 9.39. The molecule has 2 rings (SSSR count).